The molecule has 3 amide bonds. The minimum Gasteiger partial charge on any atom is -0.350 e. The summed E-state index contributed by atoms with van der Waals surface area (Å²) in [5.74, 6) is -4.52. The second kappa shape index (κ2) is 9.71. The van der Waals surface area contributed by atoms with E-state index in [9.17, 15) is 37.6 Å². The van der Waals surface area contributed by atoms with Crippen LogP contribution < -0.4 is 16.0 Å². The van der Waals surface area contributed by atoms with Gasteiger partial charge in [0.05, 0.1) is 12.1 Å². The van der Waals surface area contributed by atoms with Gasteiger partial charge in [-0.05, 0) is 55.3 Å². The number of hydrogen-bond donors (Lipinski definition) is 3. The third-order valence-corrected chi connectivity index (χ3v) is 10.0. The number of piperidine rings is 1. The molecule has 2 saturated carbocycles. The number of nitrogens with zero attached hydrogens (tertiary/aromatic N) is 2. The van der Waals surface area contributed by atoms with Crippen molar-refractivity contribution in [3.63, 3.8) is 0 Å². The van der Waals surface area contributed by atoms with E-state index in [-0.39, 0.29) is 47.6 Å². The number of hydrogen-bond acceptors (Lipinski definition) is 6. The van der Waals surface area contributed by atoms with Gasteiger partial charge >= 0.3 is 6.18 Å². The molecule has 4 rings (SSSR count). The number of amides is 3. The minimum atomic E-state index is -4.78. The van der Waals surface area contributed by atoms with Gasteiger partial charge in [-0.15, -0.1) is 0 Å². The van der Waals surface area contributed by atoms with Crippen molar-refractivity contribution in [1.82, 2.24) is 20.9 Å². The number of alkyl halides is 3. The maximum Gasteiger partial charge on any atom is 0.400 e. The predicted molar refractivity (Wildman–Crippen MR) is 138 cm³/mol. The summed E-state index contributed by atoms with van der Waals surface area (Å²) in [6, 6.07) is 0.456. The molecule has 0 aromatic rings. The summed E-state index contributed by atoms with van der Waals surface area (Å²) in [4.78, 5) is 53.1. The molecule has 9 nitrogen and oxygen atoms in total. The number of carbonyl (C=O) groups excluding carboxylic acids is 4. The molecule has 2 heterocycles. The average molecular weight is 568 g/mol. The molecule has 4 fully saturated rings. The largest absolute Gasteiger partial charge is 0.400 e. The Balaban J connectivity index is 1.53. The molecule has 4 aliphatic rings. The highest BCUT2D eigenvalue weighted by Gasteiger charge is 2.69. The van der Waals surface area contributed by atoms with Gasteiger partial charge in [0.1, 0.15) is 23.8 Å². The van der Waals surface area contributed by atoms with E-state index < -0.39 is 46.9 Å². The van der Waals surface area contributed by atoms with Crippen molar-refractivity contribution in [3.05, 3.63) is 0 Å². The molecule has 1 unspecified atom stereocenters. The Morgan fingerprint density at radius 3 is 2.35 bits per heavy atom. The molecule has 0 radical (unpaired) electrons. The number of rotatable bonds is 9. The summed E-state index contributed by atoms with van der Waals surface area (Å²) in [7, 11) is 0. The summed E-state index contributed by atoms with van der Waals surface area (Å²) >= 11 is 0. The van der Waals surface area contributed by atoms with Gasteiger partial charge in [-0.2, -0.15) is 18.4 Å². The van der Waals surface area contributed by atoms with E-state index in [1.165, 1.54) is 0 Å². The van der Waals surface area contributed by atoms with Crippen molar-refractivity contribution >= 4 is 24.0 Å². The molecule has 2 aliphatic heterocycles. The number of nitrogens with one attached hydrogen (secondary N) is 3. The Bertz CT molecular complexity index is 1120. The van der Waals surface area contributed by atoms with Crippen LogP contribution in [0.1, 0.15) is 67.2 Å². The molecule has 40 heavy (non-hydrogen) atoms. The first kappa shape index (κ1) is 30.3. The molecule has 0 aromatic heterocycles. The molecule has 2 aliphatic carbocycles. The highest BCUT2D eigenvalue weighted by atomic mass is 19.4. The first-order valence-electron chi connectivity index (χ1n) is 13.9. The molecule has 7 atom stereocenters. The van der Waals surface area contributed by atoms with Crippen LogP contribution in [0.2, 0.25) is 0 Å². The normalized spacial score (nSPS) is 31.2. The monoisotopic (exact) mass is 567 g/mol. The number of likely N-dealkylation sites (tertiary alicyclic amines) is 1. The molecular weight excluding hydrogens is 527 g/mol. The van der Waals surface area contributed by atoms with E-state index in [1.54, 1.807) is 25.7 Å². The number of carbonyl (C=O) groups is 4. The van der Waals surface area contributed by atoms with Crippen LogP contribution in [0.15, 0.2) is 0 Å². The fourth-order valence-corrected chi connectivity index (χ4v) is 6.69. The third kappa shape index (κ3) is 5.33. The van der Waals surface area contributed by atoms with Crippen LogP contribution in [0.5, 0.6) is 0 Å². The van der Waals surface area contributed by atoms with Crippen molar-refractivity contribution in [2.24, 2.45) is 34.5 Å². The van der Waals surface area contributed by atoms with E-state index in [4.69, 9.17) is 0 Å². The van der Waals surface area contributed by atoms with Crippen molar-refractivity contribution in [2.45, 2.75) is 96.6 Å². The second-order valence-electron chi connectivity index (χ2n) is 14.0. The first-order valence-corrected chi connectivity index (χ1v) is 13.9. The molecule has 0 aromatic carbocycles. The highest BCUT2D eigenvalue weighted by Crippen LogP contribution is 2.65. The lowest BCUT2D eigenvalue weighted by atomic mass is 9.73. The highest BCUT2D eigenvalue weighted by molar-refractivity contribution is 5.86. The number of nitriles is 1. The van der Waals surface area contributed by atoms with E-state index >= 15 is 0 Å². The van der Waals surface area contributed by atoms with E-state index in [0.29, 0.717) is 19.3 Å². The molecule has 222 valence electrons. The molecule has 1 spiro atoms. The summed E-state index contributed by atoms with van der Waals surface area (Å²) in [6.45, 7) is 10.0. The lowest BCUT2D eigenvalue weighted by Gasteiger charge is -2.45. The minimum absolute atomic E-state index is 0.0922. The third-order valence-electron chi connectivity index (χ3n) is 10.0. The Morgan fingerprint density at radius 2 is 1.88 bits per heavy atom. The van der Waals surface area contributed by atoms with Crippen molar-refractivity contribution in [2.75, 3.05) is 13.1 Å². The van der Waals surface area contributed by atoms with E-state index in [1.807, 2.05) is 13.8 Å². The Labute approximate surface area is 233 Å². The summed E-state index contributed by atoms with van der Waals surface area (Å²) in [6.07, 6.45) is -1.65. The average Bonchev–Trinajstić information content (AvgIpc) is 3.57. The zero-order chi connectivity index (χ0) is 30.1. The van der Waals surface area contributed by atoms with Crippen molar-refractivity contribution in [1.29, 1.82) is 5.26 Å². The zero-order valence-electron chi connectivity index (χ0n) is 23.9. The lowest BCUT2D eigenvalue weighted by Crippen LogP contribution is -2.67. The second-order valence-corrected chi connectivity index (χ2v) is 14.0. The van der Waals surface area contributed by atoms with Gasteiger partial charge < -0.3 is 20.7 Å². The maximum absolute atomic E-state index is 13.7. The molecular formula is C28H40F3N5O4. The Kier molecular flexibility index (Phi) is 7.35. The predicted octanol–water partition coefficient (Wildman–Crippen LogP) is 2.31. The quantitative estimate of drug-likeness (QED) is 0.367. The summed E-state index contributed by atoms with van der Waals surface area (Å²) in [5, 5.41) is 18.0. The Hall–Kier alpha value is -2.68. The van der Waals surface area contributed by atoms with Crippen LogP contribution in [0.25, 0.3) is 0 Å². The van der Waals surface area contributed by atoms with Crippen LogP contribution in [0, 0.1) is 45.8 Å². The number of halogens is 3. The van der Waals surface area contributed by atoms with Crippen LogP contribution in [-0.2, 0) is 19.2 Å². The molecule has 3 N–H and O–H groups in total. The van der Waals surface area contributed by atoms with Gasteiger partial charge in [-0.25, -0.2) is 0 Å². The van der Waals surface area contributed by atoms with Crippen molar-refractivity contribution in [3.8, 4) is 6.07 Å². The van der Waals surface area contributed by atoms with Gasteiger partial charge in [0.2, 0.25) is 17.7 Å². The van der Waals surface area contributed by atoms with Crippen LogP contribution in [0.4, 0.5) is 13.2 Å². The van der Waals surface area contributed by atoms with Crippen LogP contribution in [0.3, 0.4) is 0 Å². The van der Waals surface area contributed by atoms with Gasteiger partial charge in [0.15, 0.2) is 0 Å². The summed E-state index contributed by atoms with van der Waals surface area (Å²) in [5.41, 5.74) is -3.02. The Morgan fingerprint density at radius 1 is 1.25 bits per heavy atom. The zero-order valence-corrected chi connectivity index (χ0v) is 23.9. The van der Waals surface area contributed by atoms with Gasteiger partial charge in [0, 0.05) is 24.5 Å². The van der Waals surface area contributed by atoms with Crippen LogP contribution in [-0.4, -0.2) is 71.3 Å². The maximum atomic E-state index is 13.7. The topological polar surface area (TPSA) is 131 Å². The fraction of sp³-hybridized carbons (Fsp3) is 0.821. The molecule has 0 bridgehead atoms. The van der Waals surface area contributed by atoms with Crippen molar-refractivity contribution < 1.29 is 32.3 Å². The first-order chi connectivity index (χ1) is 18.3. The standard InChI is InChI=1S/C28H40F3N5O4/c1-15(28(29,30)31)21(38)35-27(14-37,24(2,3)4)13-36-12-18-19(25(18,5)6)20(36)23(40)33-17(11-32)9-16-10-26(7-8-26)34-22(16)39/h14-20H,7-10,12-13H2,1-6H3,(H,33,40)(H,34,39)(H,35,38)/t15?,16-,17+,18+,19+,20+,27-/m1/s1. The smallest absolute Gasteiger partial charge is 0.350 e. The fourth-order valence-electron chi connectivity index (χ4n) is 6.69. The van der Waals surface area contributed by atoms with Gasteiger partial charge in [0.25, 0.3) is 0 Å². The number of aldehydes is 1. The SMILES string of the molecule is CC(C(=O)N[C@@](C=O)(CN1C[C@H]2[C@@H]([C@H]1C(=O)N[C@H](C#N)C[C@@H]1CC3(CC3)NC1=O)C2(C)C)C(C)(C)C)C(F)(F)F. The molecule has 12 heteroatoms. The van der Waals surface area contributed by atoms with E-state index in [2.05, 4.69) is 22.0 Å². The van der Waals surface area contributed by atoms with E-state index in [0.717, 1.165) is 19.8 Å². The lowest BCUT2D eigenvalue weighted by molar-refractivity contribution is -0.181. The van der Waals surface area contributed by atoms with Gasteiger partial charge in [-0.1, -0.05) is 34.6 Å². The van der Waals surface area contributed by atoms with Crippen LogP contribution >= 0.6 is 0 Å². The number of fused-ring (bicyclic) bond motifs is 1. The molecule has 2 saturated heterocycles. The summed E-state index contributed by atoms with van der Waals surface area (Å²) < 4.78 is 39.9. The van der Waals surface area contributed by atoms with Gasteiger partial charge in [-0.3, -0.25) is 19.3 Å².